The molecule has 1 aromatic carbocycles. The number of aliphatic hydroxyl groups excluding tert-OH is 2. The molecule has 1 unspecified atom stereocenters. The Morgan fingerprint density at radius 2 is 1.88 bits per heavy atom. The standard InChI is InChI=1S/C15H20O2/c1-13-8-10-14(11-9-13)5-4-7-15(17)6-2-3-12-16/h8-11,15-17H,2-3,6-7,12H2,1H3. The van der Waals surface area contributed by atoms with Gasteiger partial charge in [0.15, 0.2) is 0 Å². The third-order valence-electron chi connectivity index (χ3n) is 2.57. The number of benzene rings is 1. The Kier molecular flexibility index (Phi) is 6.39. The molecule has 1 atom stereocenters. The van der Waals surface area contributed by atoms with E-state index >= 15 is 0 Å². The van der Waals surface area contributed by atoms with E-state index in [2.05, 4.69) is 11.8 Å². The molecule has 0 saturated carbocycles. The van der Waals surface area contributed by atoms with E-state index in [-0.39, 0.29) is 12.7 Å². The molecule has 0 aromatic heterocycles. The summed E-state index contributed by atoms with van der Waals surface area (Å²) < 4.78 is 0. The van der Waals surface area contributed by atoms with Crippen LogP contribution in [-0.2, 0) is 0 Å². The van der Waals surface area contributed by atoms with E-state index in [4.69, 9.17) is 5.11 Å². The van der Waals surface area contributed by atoms with E-state index < -0.39 is 0 Å². The third-order valence-corrected chi connectivity index (χ3v) is 2.57. The van der Waals surface area contributed by atoms with Crippen molar-refractivity contribution in [1.29, 1.82) is 0 Å². The van der Waals surface area contributed by atoms with Gasteiger partial charge in [-0.1, -0.05) is 29.5 Å². The summed E-state index contributed by atoms with van der Waals surface area (Å²) in [7, 11) is 0. The summed E-state index contributed by atoms with van der Waals surface area (Å²) >= 11 is 0. The van der Waals surface area contributed by atoms with E-state index in [1.54, 1.807) is 0 Å². The Morgan fingerprint density at radius 1 is 1.18 bits per heavy atom. The molecule has 0 aliphatic heterocycles. The first kappa shape index (κ1) is 13.8. The lowest BCUT2D eigenvalue weighted by atomic mass is 10.1. The van der Waals surface area contributed by atoms with Crippen LogP contribution in [0.1, 0.15) is 36.8 Å². The number of aliphatic hydroxyl groups is 2. The minimum absolute atomic E-state index is 0.196. The minimum Gasteiger partial charge on any atom is -0.396 e. The van der Waals surface area contributed by atoms with Crippen molar-refractivity contribution < 1.29 is 10.2 Å². The predicted octanol–water partition coefficient (Wildman–Crippen LogP) is 2.26. The zero-order valence-electron chi connectivity index (χ0n) is 10.3. The Morgan fingerprint density at radius 3 is 2.53 bits per heavy atom. The van der Waals surface area contributed by atoms with Crippen LogP contribution in [0.5, 0.6) is 0 Å². The van der Waals surface area contributed by atoms with Gasteiger partial charge in [0.1, 0.15) is 0 Å². The maximum absolute atomic E-state index is 9.61. The normalized spacial score (nSPS) is 11.7. The lowest BCUT2D eigenvalue weighted by Gasteiger charge is -2.04. The SMILES string of the molecule is Cc1ccc(C#CCC(O)CCCCO)cc1. The summed E-state index contributed by atoms with van der Waals surface area (Å²) in [5.74, 6) is 6.02. The van der Waals surface area contributed by atoms with Gasteiger partial charge >= 0.3 is 0 Å². The molecule has 0 aliphatic rings. The number of unbranched alkanes of at least 4 members (excludes halogenated alkanes) is 1. The maximum atomic E-state index is 9.61. The predicted molar refractivity (Wildman–Crippen MR) is 69.6 cm³/mol. The van der Waals surface area contributed by atoms with Crippen LogP contribution < -0.4 is 0 Å². The zero-order valence-corrected chi connectivity index (χ0v) is 10.3. The van der Waals surface area contributed by atoms with Crippen molar-refractivity contribution in [3.05, 3.63) is 35.4 Å². The van der Waals surface area contributed by atoms with Crippen LogP contribution >= 0.6 is 0 Å². The molecule has 0 heterocycles. The van der Waals surface area contributed by atoms with Gasteiger partial charge in [-0.3, -0.25) is 0 Å². The van der Waals surface area contributed by atoms with E-state index in [1.165, 1.54) is 5.56 Å². The number of rotatable bonds is 5. The van der Waals surface area contributed by atoms with Gasteiger partial charge in [0, 0.05) is 18.6 Å². The summed E-state index contributed by atoms with van der Waals surface area (Å²) in [6.07, 6.45) is 2.44. The van der Waals surface area contributed by atoms with Crippen molar-refractivity contribution >= 4 is 0 Å². The second-order valence-electron chi connectivity index (χ2n) is 4.25. The summed E-state index contributed by atoms with van der Waals surface area (Å²) in [5, 5.41) is 18.2. The molecule has 0 bridgehead atoms. The van der Waals surface area contributed by atoms with Crippen molar-refractivity contribution in [2.24, 2.45) is 0 Å². The van der Waals surface area contributed by atoms with Gasteiger partial charge in [-0.05, 0) is 38.3 Å². The first-order valence-corrected chi connectivity index (χ1v) is 6.07. The molecule has 0 spiro atoms. The van der Waals surface area contributed by atoms with Crippen molar-refractivity contribution in [2.75, 3.05) is 6.61 Å². The average Bonchev–Trinajstić information content (AvgIpc) is 2.32. The molecule has 17 heavy (non-hydrogen) atoms. The summed E-state index contributed by atoms with van der Waals surface area (Å²) in [5.41, 5.74) is 2.21. The first-order valence-electron chi connectivity index (χ1n) is 6.07. The zero-order chi connectivity index (χ0) is 12.5. The van der Waals surface area contributed by atoms with Crippen molar-refractivity contribution in [3.63, 3.8) is 0 Å². The molecular weight excluding hydrogens is 212 g/mol. The molecular formula is C15H20O2. The lowest BCUT2D eigenvalue weighted by Crippen LogP contribution is -2.05. The summed E-state index contributed by atoms with van der Waals surface area (Å²) in [6.45, 7) is 2.24. The minimum atomic E-state index is -0.375. The van der Waals surface area contributed by atoms with Crippen LogP contribution in [0.3, 0.4) is 0 Å². The van der Waals surface area contributed by atoms with Crippen LogP contribution in [0.15, 0.2) is 24.3 Å². The van der Waals surface area contributed by atoms with E-state index in [1.807, 2.05) is 31.2 Å². The Labute approximate surface area is 103 Å². The number of hydrogen-bond donors (Lipinski definition) is 2. The monoisotopic (exact) mass is 232 g/mol. The second-order valence-corrected chi connectivity index (χ2v) is 4.25. The highest BCUT2D eigenvalue weighted by molar-refractivity contribution is 5.35. The smallest absolute Gasteiger partial charge is 0.0649 e. The van der Waals surface area contributed by atoms with E-state index in [0.29, 0.717) is 12.8 Å². The van der Waals surface area contributed by atoms with Gasteiger partial charge in [-0.15, -0.1) is 0 Å². The first-order chi connectivity index (χ1) is 8.22. The Hall–Kier alpha value is -1.30. The highest BCUT2D eigenvalue weighted by atomic mass is 16.3. The van der Waals surface area contributed by atoms with Crippen molar-refractivity contribution in [3.8, 4) is 11.8 Å². The summed E-state index contributed by atoms with van der Waals surface area (Å²) in [6, 6.07) is 8.03. The topological polar surface area (TPSA) is 40.5 Å². The van der Waals surface area contributed by atoms with Gasteiger partial charge in [-0.2, -0.15) is 0 Å². The number of hydrogen-bond acceptors (Lipinski definition) is 2. The van der Waals surface area contributed by atoms with Crippen LogP contribution in [0, 0.1) is 18.8 Å². The Balaban J connectivity index is 2.32. The van der Waals surface area contributed by atoms with Gasteiger partial charge in [-0.25, -0.2) is 0 Å². The molecule has 0 saturated heterocycles. The van der Waals surface area contributed by atoms with E-state index in [9.17, 15) is 5.11 Å². The van der Waals surface area contributed by atoms with E-state index in [0.717, 1.165) is 18.4 Å². The highest BCUT2D eigenvalue weighted by Gasteiger charge is 2.00. The fourth-order valence-corrected chi connectivity index (χ4v) is 1.50. The van der Waals surface area contributed by atoms with Crippen LogP contribution in [0.4, 0.5) is 0 Å². The quantitative estimate of drug-likeness (QED) is 0.604. The van der Waals surface area contributed by atoms with Gasteiger partial charge < -0.3 is 10.2 Å². The van der Waals surface area contributed by atoms with Crippen LogP contribution in [-0.4, -0.2) is 22.9 Å². The molecule has 1 aromatic rings. The average molecular weight is 232 g/mol. The molecule has 1 rings (SSSR count). The van der Waals surface area contributed by atoms with Gasteiger partial charge in [0.25, 0.3) is 0 Å². The number of aryl methyl sites for hydroxylation is 1. The molecule has 2 N–H and O–H groups in total. The molecule has 0 fully saturated rings. The summed E-state index contributed by atoms with van der Waals surface area (Å²) in [4.78, 5) is 0. The van der Waals surface area contributed by atoms with Gasteiger partial charge in [0.2, 0.25) is 0 Å². The molecule has 0 radical (unpaired) electrons. The fourth-order valence-electron chi connectivity index (χ4n) is 1.50. The van der Waals surface area contributed by atoms with Crippen LogP contribution in [0.2, 0.25) is 0 Å². The fraction of sp³-hybridized carbons (Fsp3) is 0.467. The third kappa shape index (κ3) is 6.11. The molecule has 2 nitrogen and oxygen atoms in total. The second kappa shape index (κ2) is 7.89. The molecule has 0 amide bonds. The largest absolute Gasteiger partial charge is 0.396 e. The molecule has 2 heteroatoms. The highest BCUT2D eigenvalue weighted by Crippen LogP contribution is 2.04. The van der Waals surface area contributed by atoms with Crippen molar-refractivity contribution in [1.82, 2.24) is 0 Å². The lowest BCUT2D eigenvalue weighted by molar-refractivity contribution is 0.162. The van der Waals surface area contributed by atoms with Crippen molar-refractivity contribution in [2.45, 2.75) is 38.7 Å². The Bertz CT molecular complexity index is 370. The molecule has 0 aliphatic carbocycles. The van der Waals surface area contributed by atoms with Gasteiger partial charge in [0.05, 0.1) is 6.10 Å². The molecule has 92 valence electrons. The maximum Gasteiger partial charge on any atom is 0.0649 e. The van der Waals surface area contributed by atoms with Crippen LogP contribution in [0.25, 0.3) is 0 Å².